The molecule has 1 aliphatic heterocycles. The van der Waals surface area contributed by atoms with Crippen LogP contribution >= 0.6 is 35.3 Å². The minimum atomic E-state index is -4.30. The largest absolute Gasteiger partial charge is 0.416 e. The Hall–Kier alpha value is -1.40. The van der Waals surface area contributed by atoms with Gasteiger partial charge in [0.05, 0.1) is 17.8 Å². The number of alkyl halides is 3. The summed E-state index contributed by atoms with van der Waals surface area (Å²) in [6, 6.07) is 5.89. The first-order valence-electron chi connectivity index (χ1n) is 10.0. The van der Waals surface area contributed by atoms with Crippen LogP contribution in [0.2, 0.25) is 0 Å². The van der Waals surface area contributed by atoms with Gasteiger partial charge in [0.25, 0.3) is 0 Å². The zero-order valence-corrected chi connectivity index (χ0v) is 21.1. The molecule has 0 saturated carbocycles. The van der Waals surface area contributed by atoms with Gasteiger partial charge in [-0.3, -0.25) is 9.89 Å². The normalized spacial score (nSPS) is 16.1. The summed E-state index contributed by atoms with van der Waals surface area (Å²) >= 11 is 1.68. The Morgan fingerprint density at radius 1 is 1.26 bits per heavy atom. The molecule has 0 atom stereocenters. The molecule has 172 valence electrons. The van der Waals surface area contributed by atoms with Crippen LogP contribution in [0.3, 0.4) is 0 Å². The van der Waals surface area contributed by atoms with Crippen molar-refractivity contribution in [3.63, 3.8) is 0 Å². The molecule has 31 heavy (non-hydrogen) atoms. The Kier molecular flexibility index (Phi) is 9.56. The number of likely N-dealkylation sites (tertiary alicyclic amines) is 1. The quantitative estimate of drug-likeness (QED) is 0.312. The third kappa shape index (κ3) is 7.60. The van der Waals surface area contributed by atoms with Gasteiger partial charge in [-0.25, -0.2) is 4.98 Å². The number of hydrogen-bond donors (Lipinski definition) is 2. The van der Waals surface area contributed by atoms with Crippen molar-refractivity contribution in [2.45, 2.75) is 52.0 Å². The molecule has 1 fully saturated rings. The monoisotopic (exact) mass is 567 g/mol. The number of halogens is 4. The molecule has 1 saturated heterocycles. The van der Waals surface area contributed by atoms with Gasteiger partial charge in [0.15, 0.2) is 5.96 Å². The highest BCUT2D eigenvalue weighted by atomic mass is 127. The molecule has 0 spiro atoms. The van der Waals surface area contributed by atoms with E-state index < -0.39 is 11.7 Å². The Morgan fingerprint density at radius 2 is 1.97 bits per heavy atom. The lowest BCUT2D eigenvalue weighted by Gasteiger charge is -2.33. The lowest BCUT2D eigenvalue weighted by atomic mass is 10.0. The molecule has 3 rings (SSSR count). The molecular formula is C21H29F3IN5S. The summed E-state index contributed by atoms with van der Waals surface area (Å²) in [5.74, 6) is 0.747. The first-order valence-corrected chi connectivity index (χ1v) is 10.8. The summed E-state index contributed by atoms with van der Waals surface area (Å²) in [6.07, 6.45) is -2.48. The molecule has 0 amide bonds. The van der Waals surface area contributed by atoms with E-state index in [1.165, 1.54) is 17.0 Å². The Bertz CT molecular complexity index is 857. The van der Waals surface area contributed by atoms with Crippen LogP contribution in [0.1, 0.15) is 39.5 Å². The summed E-state index contributed by atoms with van der Waals surface area (Å²) in [5, 5.41) is 7.79. The van der Waals surface area contributed by atoms with Crippen molar-refractivity contribution in [3.05, 3.63) is 51.0 Å². The lowest BCUT2D eigenvalue weighted by molar-refractivity contribution is -0.137. The van der Waals surface area contributed by atoms with Crippen LogP contribution in [-0.4, -0.2) is 42.0 Å². The third-order valence-electron chi connectivity index (χ3n) is 5.29. The Balaban J connectivity index is 0.00000341. The van der Waals surface area contributed by atoms with Crippen LogP contribution in [0.15, 0.2) is 29.3 Å². The van der Waals surface area contributed by atoms with Gasteiger partial charge in [-0.2, -0.15) is 13.2 Å². The maximum atomic E-state index is 12.9. The van der Waals surface area contributed by atoms with E-state index in [9.17, 15) is 13.2 Å². The molecule has 1 aromatic heterocycles. The second-order valence-electron chi connectivity index (χ2n) is 7.57. The summed E-state index contributed by atoms with van der Waals surface area (Å²) < 4.78 is 38.7. The fraction of sp³-hybridized carbons (Fsp3) is 0.524. The van der Waals surface area contributed by atoms with Crippen molar-refractivity contribution < 1.29 is 13.2 Å². The fourth-order valence-corrected chi connectivity index (χ4v) is 4.38. The predicted octanol–water partition coefficient (Wildman–Crippen LogP) is 4.73. The van der Waals surface area contributed by atoms with Gasteiger partial charge in [-0.1, -0.05) is 18.2 Å². The van der Waals surface area contributed by atoms with Gasteiger partial charge in [0.1, 0.15) is 5.01 Å². The second-order valence-corrected chi connectivity index (χ2v) is 8.86. The molecule has 0 radical (unpaired) electrons. The van der Waals surface area contributed by atoms with E-state index in [1.54, 1.807) is 24.5 Å². The molecule has 2 N–H and O–H groups in total. The van der Waals surface area contributed by atoms with E-state index in [0.717, 1.165) is 48.7 Å². The SMILES string of the molecule is CN=C(NCc1nc(C)c(C)s1)NC1CCN(Cc2cccc(C(F)(F)F)c2)CC1.I. The van der Waals surface area contributed by atoms with Gasteiger partial charge >= 0.3 is 6.18 Å². The number of nitrogens with zero attached hydrogens (tertiary/aromatic N) is 3. The van der Waals surface area contributed by atoms with Gasteiger partial charge in [0, 0.05) is 37.6 Å². The van der Waals surface area contributed by atoms with Gasteiger partial charge in [-0.15, -0.1) is 35.3 Å². The van der Waals surface area contributed by atoms with Crippen molar-refractivity contribution in [1.82, 2.24) is 20.5 Å². The van der Waals surface area contributed by atoms with Gasteiger partial charge in [0.2, 0.25) is 0 Å². The minimum absolute atomic E-state index is 0. The van der Waals surface area contributed by atoms with E-state index in [-0.39, 0.29) is 30.0 Å². The van der Waals surface area contributed by atoms with Crippen LogP contribution in [-0.2, 0) is 19.3 Å². The highest BCUT2D eigenvalue weighted by molar-refractivity contribution is 14.0. The number of hydrogen-bond acceptors (Lipinski definition) is 4. The molecule has 5 nitrogen and oxygen atoms in total. The van der Waals surface area contributed by atoms with E-state index in [2.05, 4.69) is 32.4 Å². The third-order valence-corrected chi connectivity index (χ3v) is 6.37. The number of piperidine rings is 1. The smallest absolute Gasteiger partial charge is 0.354 e. The van der Waals surface area contributed by atoms with Crippen molar-refractivity contribution in [1.29, 1.82) is 0 Å². The first-order chi connectivity index (χ1) is 14.2. The predicted molar refractivity (Wildman–Crippen MR) is 130 cm³/mol. The zero-order chi connectivity index (χ0) is 21.7. The number of aromatic nitrogens is 1. The minimum Gasteiger partial charge on any atom is -0.354 e. The van der Waals surface area contributed by atoms with Crippen LogP contribution in [0.5, 0.6) is 0 Å². The lowest BCUT2D eigenvalue weighted by Crippen LogP contribution is -2.48. The van der Waals surface area contributed by atoms with E-state index in [4.69, 9.17) is 0 Å². The molecule has 0 unspecified atom stereocenters. The number of rotatable bonds is 5. The molecular weight excluding hydrogens is 538 g/mol. The van der Waals surface area contributed by atoms with Crippen LogP contribution in [0, 0.1) is 13.8 Å². The maximum absolute atomic E-state index is 12.9. The highest BCUT2D eigenvalue weighted by Gasteiger charge is 2.30. The molecule has 2 aromatic rings. The molecule has 0 aliphatic carbocycles. The molecule has 1 aromatic carbocycles. The molecule has 2 heterocycles. The molecule has 1 aliphatic rings. The Morgan fingerprint density at radius 3 is 2.55 bits per heavy atom. The highest BCUT2D eigenvalue weighted by Crippen LogP contribution is 2.30. The second kappa shape index (κ2) is 11.5. The number of nitrogens with one attached hydrogen (secondary N) is 2. The number of benzene rings is 1. The van der Waals surface area contributed by atoms with E-state index in [1.807, 2.05) is 6.92 Å². The van der Waals surface area contributed by atoms with Crippen molar-refractivity contribution in [3.8, 4) is 0 Å². The standard InChI is InChI=1S/C21H28F3N5S.HI/c1-14-15(2)30-19(27-14)12-26-20(25-3)28-18-7-9-29(10-8-18)13-16-5-4-6-17(11-16)21(22,23)24;/h4-6,11,18H,7-10,12-13H2,1-3H3,(H2,25,26,28);1H. The van der Waals surface area contributed by atoms with Crippen molar-refractivity contribution in [2.24, 2.45) is 4.99 Å². The Labute approximate surface area is 202 Å². The summed E-state index contributed by atoms with van der Waals surface area (Å²) in [7, 11) is 1.75. The van der Waals surface area contributed by atoms with Crippen LogP contribution in [0.4, 0.5) is 13.2 Å². The zero-order valence-electron chi connectivity index (χ0n) is 17.9. The molecule has 0 bridgehead atoms. The average Bonchev–Trinajstić information content (AvgIpc) is 3.03. The van der Waals surface area contributed by atoms with Crippen LogP contribution in [0.25, 0.3) is 0 Å². The summed E-state index contributed by atoms with van der Waals surface area (Å²) in [4.78, 5) is 12.3. The number of aryl methyl sites for hydroxylation is 2. The maximum Gasteiger partial charge on any atom is 0.416 e. The van der Waals surface area contributed by atoms with Gasteiger partial charge < -0.3 is 10.6 Å². The number of guanidine groups is 1. The number of aliphatic imine (C=N–C) groups is 1. The van der Waals surface area contributed by atoms with Crippen molar-refractivity contribution in [2.75, 3.05) is 20.1 Å². The van der Waals surface area contributed by atoms with Crippen molar-refractivity contribution >= 4 is 41.3 Å². The first kappa shape index (κ1) is 25.9. The summed E-state index contributed by atoms with van der Waals surface area (Å²) in [6.45, 7) is 6.90. The summed E-state index contributed by atoms with van der Waals surface area (Å²) in [5.41, 5.74) is 1.17. The average molecular weight is 567 g/mol. The number of thiazole rings is 1. The molecule has 10 heteroatoms. The fourth-order valence-electron chi connectivity index (χ4n) is 3.50. The van der Waals surface area contributed by atoms with E-state index in [0.29, 0.717) is 18.7 Å². The van der Waals surface area contributed by atoms with E-state index >= 15 is 0 Å². The topological polar surface area (TPSA) is 52.6 Å². The van der Waals surface area contributed by atoms with Crippen LogP contribution < -0.4 is 10.6 Å². The van der Waals surface area contributed by atoms with Gasteiger partial charge in [-0.05, 0) is 38.3 Å².